The molecular formula is C18H10Cl2N2O4S. The fourth-order valence-electron chi connectivity index (χ4n) is 2.25. The Balaban J connectivity index is 1.99. The third kappa shape index (κ3) is 4.51. The Morgan fingerprint density at radius 1 is 1.15 bits per heavy atom. The zero-order valence-electron chi connectivity index (χ0n) is 13.4. The number of nitro benzene ring substituents is 1. The summed E-state index contributed by atoms with van der Waals surface area (Å²) in [7, 11) is 0. The zero-order valence-corrected chi connectivity index (χ0v) is 15.8. The van der Waals surface area contributed by atoms with Crippen LogP contribution in [0.5, 0.6) is 0 Å². The zero-order chi connectivity index (χ0) is 19.6. The number of hydrogen-bond donors (Lipinski definition) is 1. The van der Waals surface area contributed by atoms with Crippen molar-refractivity contribution in [1.82, 2.24) is 4.98 Å². The van der Waals surface area contributed by atoms with Gasteiger partial charge in [0.05, 0.1) is 14.1 Å². The molecule has 0 aliphatic rings. The molecule has 0 amide bonds. The van der Waals surface area contributed by atoms with Crippen molar-refractivity contribution < 1.29 is 9.72 Å². The highest BCUT2D eigenvalue weighted by atomic mass is 35.5. The molecule has 0 aliphatic carbocycles. The van der Waals surface area contributed by atoms with E-state index in [4.69, 9.17) is 23.2 Å². The van der Waals surface area contributed by atoms with Crippen LogP contribution in [0.2, 0.25) is 10.0 Å². The molecule has 3 rings (SSSR count). The standard InChI is InChI=1S/C18H10Cl2N2O4S/c19-12-4-2-11(3-5-12)15(23)9-17-21-18(24)16(27-17)8-10-1-6-13(20)14(7-10)22(25)26/h1-9H,(H,21,24)/b16-8-,17-9-. The molecule has 0 spiro atoms. The first-order valence-electron chi connectivity index (χ1n) is 7.50. The van der Waals surface area contributed by atoms with E-state index < -0.39 is 10.5 Å². The van der Waals surface area contributed by atoms with E-state index in [0.29, 0.717) is 25.3 Å². The Morgan fingerprint density at radius 2 is 1.85 bits per heavy atom. The van der Waals surface area contributed by atoms with E-state index in [9.17, 15) is 19.7 Å². The lowest BCUT2D eigenvalue weighted by Crippen LogP contribution is -2.20. The molecule has 6 nitrogen and oxygen atoms in total. The Kier molecular flexibility index (Phi) is 5.55. The predicted molar refractivity (Wildman–Crippen MR) is 106 cm³/mol. The quantitative estimate of drug-likeness (QED) is 0.398. The monoisotopic (exact) mass is 420 g/mol. The smallest absolute Gasteiger partial charge is 0.288 e. The minimum Gasteiger partial charge on any atom is -0.313 e. The van der Waals surface area contributed by atoms with E-state index in [2.05, 4.69) is 4.98 Å². The van der Waals surface area contributed by atoms with Gasteiger partial charge in [0.25, 0.3) is 11.2 Å². The number of rotatable bonds is 4. The average molecular weight is 421 g/mol. The number of Topliss-reactive ketones (excluding diaryl/α,β-unsaturated/α-hetero) is 1. The van der Waals surface area contributed by atoms with Gasteiger partial charge >= 0.3 is 0 Å². The Morgan fingerprint density at radius 3 is 2.52 bits per heavy atom. The number of hydrogen-bond acceptors (Lipinski definition) is 5. The summed E-state index contributed by atoms with van der Waals surface area (Å²) in [6.07, 6.45) is 2.81. The van der Waals surface area contributed by atoms with Crippen molar-refractivity contribution in [3.63, 3.8) is 0 Å². The lowest BCUT2D eigenvalue weighted by Gasteiger charge is -1.96. The van der Waals surface area contributed by atoms with Crippen molar-refractivity contribution in [2.45, 2.75) is 0 Å². The molecule has 1 heterocycles. The molecule has 0 aliphatic heterocycles. The number of aromatic nitrogens is 1. The molecule has 27 heavy (non-hydrogen) atoms. The van der Waals surface area contributed by atoms with Gasteiger partial charge in [-0.15, -0.1) is 11.3 Å². The summed E-state index contributed by atoms with van der Waals surface area (Å²) in [6.45, 7) is 0. The van der Waals surface area contributed by atoms with E-state index >= 15 is 0 Å². The maximum atomic E-state index is 12.2. The van der Waals surface area contributed by atoms with Crippen molar-refractivity contribution in [1.29, 1.82) is 0 Å². The summed E-state index contributed by atoms with van der Waals surface area (Å²) in [5.74, 6) is -0.280. The third-order valence-electron chi connectivity index (χ3n) is 3.54. The van der Waals surface area contributed by atoms with Gasteiger partial charge < -0.3 is 4.98 Å². The number of carbonyl (C=O) groups is 1. The summed E-state index contributed by atoms with van der Waals surface area (Å²) < 4.78 is 0.677. The number of thiazole rings is 1. The normalized spacial score (nSPS) is 12.4. The first-order valence-corrected chi connectivity index (χ1v) is 9.07. The average Bonchev–Trinajstić information content (AvgIpc) is 2.96. The lowest BCUT2D eigenvalue weighted by molar-refractivity contribution is -0.384. The summed E-state index contributed by atoms with van der Waals surface area (Å²) in [4.78, 5) is 37.3. The Bertz CT molecular complexity index is 1210. The van der Waals surface area contributed by atoms with Crippen LogP contribution in [0.3, 0.4) is 0 Å². The van der Waals surface area contributed by atoms with Gasteiger partial charge in [0.2, 0.25) is 0 Å². The van der Waals surface area contributed by atoms with Gasteiger partial charge in [0, 0.05) is 22.7 Å². The van der Waals surface area contributed by atoms with Crippen molar-refractivity contribution in [2.75, 3.05) is 0 Å². The van der Waals surface area contributed by atoms with Gasteiger partial charge in [-0.3, -0.25) is 19.7 Å². The molecule has 9 heteroatoms. The Labute approximate surface area is 166 Å². The van der Waals surface area contributed by atoms with E-state index in [-0.39, 0.29) is 16.5 Å². The van der Waals surface area contributed by atoms with Gasteiger partial charge in [0.1, 0.15) is 5.02 Å². The van der Waals surface area contributed by atoms with Gasteiger partial charge in [-0.25, -0.2) is 0 Å². The molecule has 136 valence electrons. The number of benzene rings is 2. The third-order valence-corrected chi connectivity index (χ3v) is 5.07. The summed E-state index contributed by atoms with van der Waals surface area (Å²) in [5.41, 5.74) is 0.248. The number of nitrogens with one attached hydrogen (secondary N) is 1. The molecular weight excluding hydrogens is 411 g/mol. The minimum atomic E-state index is -0.595. The summed E-state index contributed by atoms with van der Waals surface area (Å²) in [6, 6.07) is 10.6. The Hall–Kier alpha value is -2.74. The van der Waals surface area contributed by atoms with Crippen LogP contribution >= 0.6 is 34.5 Å². The molecule has 2 aromatic carbocycles. The largest absolute Gasteiger partial charge is 0.313 e. The van der Waals surface area contributed by atoms with Gasteiger partial charge in [-0.2, -0.15) is 0 Å². The van der Waals surface area contributed by atoms with Crippen LogP contribution in [0.4, 0.5) is 5.69 Å². The highest BCUT2D eigenvalue weighted by molar-refractivity contribution is 7.07. The van der Waals surface area contributed by atoms with Crippen LogP contribution in [0.25, 0.3) is 12.2 Å². The van der Waals surface area contributed by atoms with Crippen LogP contribution < -0.4 is 14.8 Å². The highest BCUT2D eigenvalue weighted by Gasteiger charge is 2.12. The number of nitro groups is 1. The van der Waals surface area contributed by atoms with Crippen molar-refractivity contribution in [3.05, 3.63) is 93.3 Å². The molecule has 1 aromatic heterocycles. The van der Waals surface area contributed by atoms with Gasteiger partial charge in [-0.1, -0.05) is 29.3 Å². The first kappa shape index (κ1) is 19.0. The number of ketones is 1. The molecule has 0 atom stereocenters. The predicted octanol–water partition coefficient (Wildman–Crippen LogP) is 3.14. The number of aromatic amines is 1. The summed E-state index contributed by atoms with van der Waals surface area (Å²) in [5, 5.41) is 11.5. The SMILES string of the molecule is O=C(/C=c1/[nH]c(=O)/c(=C/c2ccc(Cl)c([N+](=O)[O-])c2)s1)c1ccc(Cl)cc1. The summed E-state index contributed by atoms with van der Waals surface area (Å²) >= 11 is 12.6. The van der Waals surface area contributed by atoms with E-state index in [1.165, 1.54) is 24.3 Å². The first-order chi connectivity index (χ1) is 12.8. The molecule has 0 bridgehead atoms. The minimum absolute atomic E-state index is 0.0137. The molecule has 0 saturated heterocycles. The van der Waals surface area contributed by atoms with Crippen molar-refractivity contribution in [3.8, 4) is 0 Å². The van der Waals surface area contributed by atoms with Crippen molar-refractivity contribution >= 4 is 58.2 Å². The lowest BCUT2D eigenvalue weighted by atomic mass is 10.1. The molecule has 0 saturated carbocycles. The van der Waals surface area contributed by atoms with Crippen LogP contribution in [0.15, 0.2) is 47.3 Å². The fourth-order valence-corrected chi connectivity index (χ4v) is 3.45. The number of nitrogens with zero attached hydrogens (tertiary/aromatic N) is 1. The van der Waals surface area contributed by atoms with Crippen LogP contribution in [-0.4, -0.2) is 15.7 Å². The molecule has 0 radical (unpaired) electrons. The highest BCUT2D eigenvalue weighted by Crippen LogP contribution is 2.25. The molecule has 3 aromatic rings. The fraction of sp³-hybridized carbons (Fsp3) is 0. The molecule has 0 unspecified atom stereocenters. The van der Waals surface area contributed by atoms with E-state index in [1.54, 1.807) is 30.3 Å². The molecule has 1 N–H and O–H groups in total. The number of halogens is 2. The van der Waals surface area contributed by atoms with E-state index in [1.807, 2.05) is 0 Å². The van der Waals surface area contributed by atoms with Crippen LogP contribution in [0.1, 0.15) is 15.9 Å². The number of carbonyl (C=O) groups excluding carboxylic acids is 1. The second-order valence-corrected chi connectivity index (χ2v) is 7.34. The van der Waals surface area contributed by atoms with Crippen molar-refractivity contribution in [2.24, 2.45) is 0 Å². The number of H-pyrrole nitrogens is 1. The second-order valence-electron chi connectivity index (χ2n) is 5.41. The van der Waals surface area contributed by atoms with Crippen LogP contribution in [0, 0.1) is 10.1 Å². The topological polar surface area (TPSA) is 93.1 Å². The van der Waals surface area contributed by atoms with Crippen LogP contribution in [-0.2, 0) is 0 Å². The second kappa shape index (κ2) is 7.87. The van der Waals surface area contributed by atoms with E-state index in [0.717, 1.165) is 11.3 Å². The molecule has 0 fully saturated rings. The van der Waals surface area contributed by atoms with Gasteiger partial charge in [-0.05, 0) is 42.0 Å². The maximum absolute atomic E-state index is 12.2. The maximum Gasteiger partial charge on any atom is 0.288 e. The van der Waals surface area contributed by atoms with Gasteiger partial charge in [0.15, 0.2) is 5.78 Å².